The van der Waals surface area contributed by atoms with Crippen molar-refractivity contribution in [3.63, 3.8) is 0 Å². The number of carbonyl (C=O) groups excluding carboxylic acids is 1. The maximum Gasteiger partial charge on any atom is 0.133 e. The fourth-order valence-electron chi connectivity index (χ4n) is 7.45. The van der Waals surface area contributed by atoms with Crippen molar-refractivity contribution in [1.29, 1.82) is 0 Å². The van der Waals surface area contributed by atoms with Crippen LogP contribution in [0.25, 0.3) is 0 Å². The minimum Gasteiger partial charge on any atom is -0.393 e. The number of hydrogen-bond acceptors (Lipinski definition) is 2. The standard InChI is InChI=1S/C20H32O2/c1-12-10-14(21)11-13-4-5-15-16-6-7-18(22)19(16,2)9-8-17(15)20(12,13)3/h12-13,15-18,22H,4-11H2,1-3H3/t12-,13-,15-,16?,17?,18-,19-,20-/m0/s1. The Hall–Kier alpha value is -0.370. The SMILES string of the molecule is C[C@H]1CC(=O)C[C@@H]2CC[C@@H]3C(CC[C@@]4(C)C3CC[C@@H]4O)[C@]21C. The molecule has 0 bridgehead atoms. The zero-order valence-electron chi connectivity index (χ0n) is 14.5. The second-order valence-electron chi connectivity index (χ2n) is 9.50. The second-order valence-corrected chi connectivity index (χ2v) is 9.50. The summed E-state index contributed by atoms with van der Waals surface area (Å²) < 4.78 is 0. The van der Waals surface area contributed by atoms with Crippen LogP contribution in [-0.4, -0.2) is 17.0 Å². The topological polar surface area (TPSA) is 37.3 Å². The summed E-state index contributed by atoms with van der Waals surface area (Å²) in [6.45, 7) is 7.21. The molecule has 0 radical (unpaired) electrons. The molecule has 1 N–H and O–H groups in total. The van der Waals surface area contributed by atoms with Crippen LogP contribution in [0, 0.1) is 40.4 Å². The Morgan fingerprint density at radius 3 is 2.55 bits per heavy atom. The lowest BCUT2D eigenvalue weighted by Crippen LogP contribution is -2.56. The predicted octanol–water partition coefficient (Wildman–Crippen LogP) is 4.21. The molecule has 2 unspecified atom stereocenters. The van der Waals surface area contributed by atoms with Gasteiger partial charge >= 0.3 is 0 Å². The van der Waals surface area contributed by atoms with E-state index in [1.165, 1.54) is 32.1 Å². The van der Waals surface area contributed by atoms with Crippen LogP contribution in [0.5, 0.6) is 0 Å². The van der Waals surface area contributed by atoms with Crippen LogP contribution < -0.4 is 0 Å². The second kappa shape index (κ2) is 4.82. The van der Waals surface area contributed by atoms with E-state index in [1.54, 1.807) is 0 Å². The van der Waals surface area contributed by atoms with Gasteiger partial charge in [0.15, 0.2) is 0 Å². The molecule has 0 heterocycles. The van der Waals surface area contributed by atoms with E-state index in [4.69, 9.17) is 0 Å². The molecule has 4 rings (SSSR count). The molecule has 8 atom stereocenters. The van der Waals surface area contributed by atoms with Crippen LogP contribution in [0.3, 0.4) is 0 Å². The highest BCUT2D eigenvalue weighted by Gasteiger charge is 2.61. The van der Waals surface area contributed by atoms with E-state index in [2.05, 4.69) is 20.8 Å². The van der Waals surface area contributed by atoms with Gasteiger partial charge < -0.3 is 5.11 Å². The number of hydrogen-bond donors (Lipinski definition) is 1. The lowest BCUT2D eigenvalue weighted by atomic mass is 9.43. The molecule has 0 aliphatic heterocycles. The average Bonchev–Trinajstić information content (AvgIpc) is 2.77. The zero-order chi connectivity index (χ0) is 15.7. The average molecular weight is 304 g/mol. The first-order valence-corrected chi connectivity index (χ1v) is 9.57. The minimum absolute atomic E-state index is 0.0747. The molecule has 4 saturated carbocycles. The Morgan fingerprint density at radius 1 is 1.00 bits per heavy atom. The molecule has 0 spiro atoms. The van der Waals surface area contributed by atoms with Gasteiger partial charge in [-0.25, -0.2) is 0 Å². The smallest absolute Gasteiger partial charge is 0.133 e. The minimum atomic E-state index is -0.0747. The van der Waals surface area contributed by atoms with Gasteiger partial charge in [0.2, 0.25) is 0 Å². The number of aliphatic hydroxyl groups is 1. The Bertz CT molecular complexity index is 486. The maximum atomic E-state index is 12.1. The van der Waals surface area contributed by atoms with Crippen LogP contribution in [-0.2, 0) is 4.79 Å². The fourth-order valence-corrected chi connectivity index (χ4v) is 7.45. The monoisotopic (exact) mass is 304 g/mol. The molecular formula is C20H32O2. The summed E-state index contributed by atoms with van der Waals surface area (Å²) >= 11 is 0. The molecule has 4 aliphatic rings. The van der Waals surface area contributed by atoms with Crippen molar-refractivity contribution in [2.75, 3.05) is 0 Å². The molecule has 0 saturated heterocycles. The highest BCUT2D eigenvalue weighted by Crippen LogP contribution is 2.66. The molecular weight excluding hydrogens is 272 g/mol. The van der Waals surface area contributed by atoms with E-state index in [0.717, 1.165) is 37.0 Å². The van der Waals surface area contributed by atoms with Crippen molar-refractivity contribution in [2.24, 2.45) is 40.4 Å². The van der Waals surface area contributed by atoms with Gasteiger partial charge in [-0.05, 0) is 78.9 Å². The highest BCUT2D eigenvalue weighted by atomic mass is 16.3. The number of ketones is 1. The number of Topliss-reactive ketones (excluding diaryl/α,β-unsaturated/α-hetero) is 1. The van der Waals surface area contributed by atoms with Crippen LogP contribution in [0.2, 0.25) is 0 Å². The molecule has 0 aromatic rings. The van der Waals surface area contributed by atoms with Gasteiger partial charge in [0.25, 0.3) is 0 Å². The first-order chi connectivity index (χ1) is 10.4. The number of rotatable bonds is 0. The summed E-state index contributed by atoms with van der Waals surface area (Å²) in [7, 11) is 0. The van der Waals surface area contributed by atoms with Crippen molar-refractivity contribution in [1.82, 2.24) is 0 Å². The Morgan fingerprint density at radius 2 is 1.77 bits per heavy atom. The van der Waals surface area contributed by atoms with Crippen molar-refractivity contribution < 1.29 is 9.90 Å². The Kier molecular flexibility index (Phi) is 3.32. The third-order valence-corrected chi connectivity index (χ3v) is 8.98. The van der Waals surface area contributed by atoms with Crippen molar-refractivity contribution in [3.8, 4) is 0 Å². The van der Waals surface area contributed by atoms with Gasteiger partial charge in [-0.2, -0.15) is 0 Å². The van der Waals surface area contributed by atoms with E-state index in [1.807, 2.05) is 0 Å². The summed E-state index contributed by atoms with van der Waals surface area (Å²) in [6, 6.07) is 0. The van der Waals surface area contributed by atoms with Crippen LogP contribution in [0.4, 0.5) is 0 Å². The normalized spacial score (nSPS) is 57.9. The summed E-state index contributed by atoms with van der Waals surface area (Å²) in [4.78, 5) is 12.1. The first kappa shape index (κ1) is 15.2. The van der Waals surface area contributed by atoms with Crippen LogP contribution in [0.1, 0.15) is 72.1 Å². The number of carbonyl (C=O) groups is 1. The largest absolute Gasteiger partial charge is 0.393 e. The summed E-state index contributed by atoms with van der Waals surface area (Å²) in [6.07, 6.45) is 8.84. The quantitative estimate of drug-likeness (QED) is 0.728. The fraction of sp³-hybridized carbons (Fsp3) is 0.950. The van der Waals surface area contributed by atoms with Gasteiger partial charge in [0, 0.05) is 12.8 Å². The molecule has 0 aromatic heterocycles. The van der Waals surface area contributed by atoms with E-state index in [0.29, 0.717) is 23.0 Å². The molecule has 2 nitrogen and oxygen atoms in total. The van der Waals surface area contributed by atoms with E-state index >= 15 is 0 Å². The van der Waals surface area contributed by atoms with E-state index in [-0.39, 0.29) is 11.5 Å². The lowest BCUT2D eigenvalue weighted by molar-refractivity contribution is -0.154. The van der Waals surface area contributed by atoms with Crippen LogP contribution in [0.15, 0.2) is 0 Å². The summed E-state index contributed by atoms with van der Waals surface area (Å²) in [5.74, 6) is 3.99. The third-order valence-electron chi connectivity index (χ3n) is 8.98. The van der Waals surface area contributed by atoms with E-state index < -0.39 is 0 Å². The summed E-state index contributed by atoms with van der Waals surface area (Å²) in [5.41, 5.74) is 0.545. The number of aliphatic hydroxyl groups excluding tert-OH is 1. The molecule has 124 valence electrons. The third kappa shape index (κ3) is 1.79. The van der Waals surface area contributed by atoms with Crippen molar-refractivity contribution >= 4 is 5.78 Å². The molecule has 4 aliphatic carbocycles. The molecule has 2 heteroatoms. The number of fused-ring (bicyclic) bond motifs is 5. The molecule has 4 fully saturated rings. The van der Waals surface area contributed by atoms with Crippen molar-refractivity contribution in [2.45, 2.75) is 78.2 Å². The highest BCUT2D eigenvalue weighted by molar-refractivity contribution is 5.80. The molecule has 0 aromatic carbocycles. The van der Waals surface area contributed by atoms with Gasteiger partial charge in [-0.3, -0.25) is 4.79 Å². The lowest BCUT2D eigenvalue weighted by Gasteiger charge is -2.62. The van der Waals surface area contributed by atoms with Gasteiger partial charge in [0.1, 0.15) is 5.78 Å². The predicted molar refractivity (Wildman–Crippen MR) is 87.3 cm³/mol. The molecule has 0 amide bonds. The summed E-state index contributed by atoms with van der Waals surface area (Å²) in [5, 5.41) is 10.5. The van der Waals surface area contributed by atoms with Gasteiger partial charge in [-0.15, -0.1) is 0 Å². The first-order valence-electron chi connectivity index (χ1n) is 9.57. The zero-order valence-corrected chi connectivity index (χ0v) is 14.5. The Balaban J connectivity index is 1.67. The Labute approximate surface area is 135 Å². The molecule has 22 heavy (non-hydrogen) atoms. The van der Waals surface area contributed by atoms with Crippen LogP contribution >= 0.6 is 0 Å². The van der Waals surface area contributed by atoms with Crippen molar-refractivity contribution in [3.05, 3.63) is 0 Å². The maximum absolute atomic E-state index is 12.1. The van der Waals surface area contributed by atoms with Gasteiger partial charge in [-0.1, -0.05) is 20.8 Å². The van der Waals surface area contributed by atoms with E-state index in [9.17, 15) is 9.90 Å². The van der Waals surface area contributed by atoms with Gasteiger partial charge in [0.05, 0.1) is 6.10 Å².